The van der Waals surface area contributed by atoms with Gasteiger partial charge in [-0.1, -0.05) is 6.07 Å². The summed E-state index contributed by atoms with van der Waals surface area (Å²) in [5, 5.41) is 0. The Hall–Kier alpha value is -1.67. The van der Waals surface area contributed by atoms with Gasteiger partial charge in [-0.2, -0.15) is 4.98 Å². The predicted molar refractivity (Wildman–Crippen MR) is 95.2 cm³/mol. The van der Waals surface area contributed by atoms with Crippen molar-refractivity contribution in [3.63, 3.8) is 0 Å². The third-order valence-corrected chi connectivity index (χ3v) is 5.97. The first kappa shape index (κ1) is 17.7. The molecule has 5 nitrogen and oxygen atoms in total. The average molecular weight is 364 g/mol. The van der Waals surface area contributed by atoms with Gasteiger partial charge in [-0.3, -0.25) is 4.57 Å². The number of benzene rings is 1. The standard InChI is InChI=1S/C18H23BF2N2O3/c1-16(2)17(3,4)26-19(25-16)11-6-7-12-13(10-11)23(15(22-12)24-5)18(8-9-18)14(20)21/h6-7,10,14H,8-9H2,1-5H3. The fourth-order valence-corrected chi connectivity index (χ4v) is 3.43. The maximum Gasteiger partial charge on any atom is 0.494 e. The van der Waals surface area contributed by atoms with Crippen LogP contribution in [0.1, 0.15) is 40.5 Å². The number of nitrogens with zero attached hydrogens (tertiary/aromatic N) is 2. The van der Waals surface area contributed by atoms with E-state index in [0.717, 1.165) is 5.46 Å². The molecule has 1 saturated heterocycles. The third kappa shape index (κ3) is 2.38. The maximum absolute atomic E-state index is 13.7. The molecule has 4 rings (SSSR count). The number of alkyl halides is 2. The number of ether oxygens (including phenoxy) is 1. The number of rotatable bonds is 4. The van der Waals surface area contributed by atoms with Gasteiger partial charge in [0.25, 0.3) is 12.4 Å². The lowest BCUT2D eigenvalue weighted by atomic mass is 9.79. The zero-order valence-electron chi connectivity index (χ0n) is 15.7. The lowest BCUT2D eigenvalue weighted by Crippen LogP contribution is -2.41. The van der Waals surface area contributed by atoms with Crippen molar-refractivity contribution in [2.75, 3.05) is 7.11 Å². The number of fused-ring (bicyclic) bond motifs is 1. The van der Waals surface area contributed by atoms with Crippen LogP contribution in [0.3, 0.4) is 0 Å². The molecular formula is C18H23BF2N2O3. The van der Waals surface area contributed by atoms with Gasteiger partial charge in [-0.15, -0.1) is 0 Å². The molecule has 0 N–H and O–H groups in total. The van der Waals surface area contributed by atoms with Crippen molar-refractivity contribution in [2.24, 2.45) is 0 Å². The lowest BCUT2D eigenvalue weighted by Gasteiger charge is -2.32. The molecule has 0 unspecified atom stereocenters. The molecule has 26 heavy (non-hydrogen) atoms. The van der Waals surface area contributed by atoms with Gasteiger partial charge < -0.3 is 14.0 Å². The van der Waals surface area contributed by atoms with E-state index in [-0.39, 0.29) is 6.01 Å². The van der Waals surface area contributed by atoms with E-state index in [1.807, 2.05) is 39.8 Å². The first-order chi connectivity index (χ1) is 12.1. The fourth-order valence-electron chi connectivity index (χ4n) is 3.43. The number of halogens is 2. The Morgan fingerprint density at radius 3 is 2.27 bits per heavy atom. The minimum atomic E-state index is -2.48. The zero-order chi connectivity index (χ0) is 18.9. The second kappa shape index (κ2) is 5.42. The first-order valence-electron chi connectivity index (χ1n) is 8.82. The molecule has 2 aliphatic rings. The highest BCUT2D eigenvalue weighted by Crippen LogP contribution is 2.52. The first-order valence-corrected chi connectivity index (χ1v) is 8.82. The van der Waals surface area contributed by atoms with Crippen LogP contribution in [0, 0.1) is 0 Å². The van der Waals surface area contributed by atoms with Crippen LogP contribution >= 0.6 is 0 Å². The molecule has 1 aliphatic carbocycles. The minimum absolute atomic E-state index is 0.212. The molecule has 2 fully saturated rings. The highest BCUT2D eigenvalue weighted by Gasteiger charge is 2.55. The summed E-state index contributed by atoms with van der Waals surface area (Å²) in [5.74, 6) is 0. The second-order valence-corrected chi connectivity index (χ2v) is 8.17. The van der Waals surface area contributed by atoms with Crippen LogP contribution in [0.25, 0.3) is 11.0 Å². The Bertz CT molecular complexity index is 845. The summed E-state index contributed by atoms with van der Waals surface area (Å²) in [6, 6.07) is 5.71. The Balaban J connectivity index is 1.81. The Morgan fingerprint density at radius 2 is 1.77 bits per heavy atom. The molecule has 0 amide bonds. The molecule has 1 aliphatic heterocycles. The highest BCUT2D eigenvalue weighted by molar-refractivity contribution is 6.62. The van der Waals surface area contributed by atoms with E-state index in [1.165, 1.54) is 7.11 Å². The molecule has 1 aromatic heterocycles. The van der Waals surface area contributed by atoms with Gasteiger partial charge in [-0.05, 0) is 58.1 Å². The highest BCUT2D eigenvalue weighted by atomic mass is 19.3. The van der Waals surface area contributed by atoms with Gasteiger partial charge in [-0.25, -0.2) is 8.78 Å². The van der Waals surface area contributed by atoms with Gasteiger partial charge in [0.2, 0.25) is 0 Å². The van der Waals surface area contributed by atoms with Crippen LogP contribution in [-0.4, -0.2) is 41.4 Å². The van der Waals surface area contributed by atoms with Crippen molar-refractivity contribution in [3.8, 4) is 6.01 Å². The average Bonchev–Trinajstić information content (AvgIpc) is 3.22. The SMILES string of the molecule is COc1nc2ccc(B3OC(C)(C)C(C)(C)O3)cc2n1C1(C(F)F)CC1. The third-order valence-electron chi connectivity index (χ3n) is 5.97. The summed E-state index contributed by atoms with van der Waals surface area (Å²) in [6.07, 6.45) is -1.66. The largest absolute Gasteiger partial charge is 0.494 e. The molecule has 0 atom stereocenters. The monoisotopic (exact) mass is 364 g/mol. The number of hydrogen-bond donors (Lipinski definition) is 0. The Morgan fingerprint density at radius 1 is 1.15 bits per heavy atom. The number of aromatic nitrogens is 2. The molecule has 8 heteroatoms. The van der Waals surface area contributed by atoms with Crippen LogP contribution in [-0.2, 0) is 14.8 Å². The van der Waals surface area contributed by atoms with Gasteiger partial charge in [0, 0.05) is 0 Å². The van der Waals surface area contributed by atoms with Crippen molar-refractivity contribution in [1.29, 1.82) is 0 Å². The van der Waals surface area contributed by atoms with Crippen molar-refractivity contribution >= 4 is 23.6 Å². The fraction of sp³-hybridized carbons (Fsp3) is 0.611. The molecule has 2 aromatic rings. The smallest absolute Gasteiger partial charge is 0.468 e. The summed E-state index contributed by atoms with van der Waals surface area (Å²) in [6.45, 7) is 7.92. The van der Waals surface area contributed by atoms with E-state index in [0.29, 0.717) is 23.9 Å². The van der Waals surface area contributed by atoms with Gasteiger partial charge >= 0.3 is 7.12 Å². The van der Waals surface area contributed by atoms with E-state index in [4.69, 9.17) is 14.0 Å². The summed E-state index contributed by atoms with van der Waals surface area (Å²) >= 11 is 0. The molecule has 0 bridgehead atoms. The van der Waals surface area contributed by atoms with E-state index >= 15 is 0 Å². The summed E-state index contributed by atoms with van der Waals surface area (Å²) in [4.78, 5) is 4.37. The summed E-state index contributed by atoms with van der Waals surface area (Å²) < 4.78 is 46.5. The lowest BCUT2D eigenvalue weighted by molar-refractivity contribution is 0.00578. The Kier molecular flexibility index (Phi) is 3.70. The molecule has 0 radical (unpaired) electrons. The van der Waals surface area contributed by atoms with E-state index in [1.54, 1.807) is 10.6 Å². The van der Waals surface area contributed by atoms with Crippen molar-refractivity contribution in [3.05, 3.63) is 18.2 Å². The van der Waals surface area contributed by atoms with Gasteiger partial charge in [0.15, 0.2) is 0 Å². The summed E-state index contributed by atoms with van der Waals surface area (Å²) in [7, 11) is 0.898. The van der Waals surface area contributed by atoms with Crippen molar-refractivity contribution < 1.29 is 22.8 Å². The quantitative estimate of drug-likeness (QED) is 0.783. The maximum atomic E-state index is 13.7. The predicted octanol–water partition coefficient (Wildman–Crippen LogP) is 3.10. The van der Waals surface area contributed by atoms with E-state index < -0.39 is 30.3 Å². The Labute approximate surface area is 151 Å². The zero-order valence-corrected chi connectivity index (χ0v) is 15.7. The van der Waals surface area contributed by atoms with Gasteiger partial charge in [0.05, 0.1) is 29.3 Å². The van der Waals surface area contributed by atoms with Crippen molar-refractivity contribution in [1.82, 2.24) is 9.55 Å². The second-order valence-electron chi connectivity index (χ2n) is 8.17. The van der Waals surface area contributed by atoms with E-state index in [9.17, 15) is 8.78 Å². The summed E-state index contributed by atoms with van der Waals surface area (Å²) in [5.41, 5.74) is -0.142. The van der Waals surface area contributed by atoms with Crippen LogP contribution in [0.4, 0.5) is 8.78 Å². The van der Waals surface area contributed by atoms with Crippen LogP contribution < -0.4 is 10.2 Å². The number of hydrogen-bond acceptors (Lipinski definition) is 4. The molecule has 1 saturated carbocycles. The number of imidazole rings is 1. The molecular weight excluding hydrogens is 341 g/mol. The molecule has 1 aromatic carbocycles. The molecule has 2 heterocycles. The molecule has 0 spiro atoms. The van der Waals surface area contributed by atoms with Crippen LogP contribution in [0.15, 0.2) is 18.2 Å². The van der Waals surface area contributed by atoms with Gasteiger partial charge in [0.1, 0.15) is 5.54 Å². The van der Waals surface area contributed by atoms with E-state index in [2.05, 4.69) is 4.98 Å². The van der Waals surface area contributed by atoms with Crippen molar-refractivity contribution in [2.45, 2.75) is 63.7 Å². The van der Waals surface area contributed by atoms with Crippen LogP contribution in [0.2, 0.25) is 0 Å². The molecule has 140 valence electrons. The van der Waals surface area contributed by atoms with Crippen LogP contribution in [0.5, 0.6) is 6.01 Å². The topological polar surface area (TPSA) is 45.5 Å². The normalized spacial score (nSPS) is 23.0. The number of methoxy groups -OCH3 is 1. The minimum Gasteiger partial charge on any atom is -0.468 e.